The van der Waals surface area contributed by atoms with E-state index in [0.717, 1.165) is 34.1 Å². The zero-order chi connectivity index (χ0) is 23.8. The van der Waals surface area contributed by atoms with Crippen LogP contribution in [0.2, 0.25) is 0 Å². The maximum Gasteiger partial charge on any atom is 0.272 e. The van der Waals surface area contributed by atoms with Gasteiger partial charge in [0.25, 0.3) is 5.56 Å². The first-order valence-electron chi connectivity index (χ1n) is 11.4. The Morgan fingerprint density at radius 2 is 1.50 bits per heavy atom. The summed E-state index contributed by atoms with van der Waals surface area (Å²) in [5.74, 6) is 0.658. The maximum absolute atomic E-state index is 12.2. The van der Waals surface area contributed by atoms with Gasteiger partial charge in [0.05, 0.1) is 12.0 Å². The summed E-state index contributed by atoms with van der Waals surface area (Å²) in [5, 5.41) is 23.3. The molecule has 0 atom stereocenters. The molecule has 0 fully saturated rings. The number of amides is 1. The molecule has 174 valence electrons. The number of rotatable bonds is 10. The molecule has 0 radical (unpaired) electrons. The SMILES string of the molecule is O=C(CCc1ccc(-c2ccc(CO)cc2)cc1)NCCCNc1n[nH]c(=O)c2ccccc12. The maximum atomic E-state index is 12.2. The van der Waals surface area contributed by atoms with E-state index in [1.807, 2.05) is 54.6 Å². The third-order valence-corrected chi connectivity index (χ3v) is 5.73. The Hall–Kier alpha value is -3.97. The van der Waals surface area contributed by atoms with Crippen LogP contribution in [0.15, 0.2) is 77.6 Å². The molecule has 0 bridgehead atoms. The monoisotopic (exact) mass is 456 g/mol. The Morgan fingerprint density at radius 3 is 2.18 bits per heavy atom. The third kappa shape index (κ3) is 5.88. The molecule has 0 spiro atoms. The predicted octanol–water partition coefficient (Wildman–Crippen LogP) is 3.63. The fourth-order valence-corrected chi connectivity index (χ4v) is 3.79. The van der Waals surface area contributed by atoms with Gasteiger partial charge in [-0.3, -0.25) is 9.59 Å². The van der Waals surface area contributed by atoms with E-state index in [2.05, 4.69) is 33.0 Å². The molecule has 1 amide bonds. The van der Waals surface area contributed by atoms with Gasteiger partial charge >= 0.3 is 0 Å². The van der Waals surface area contributed by atoms with Crippen LogP contribution >= 0.6 is 0 Å². The number of aliphatic hydroxyl groups is 1. The molecule has 0 aliphatic heterocycles. The highest BCUT2D eigenvalue weighted by molar-refractivity contribution is 5.90. The second-order valence-corrected chi connectivity index (χ2v) is 8.13. The summed E-state index contributed by atoms with van der Waals surface area (Å²) >= 11 is 0. The summed E-state index contributed by atoms with van der Waals surface area (Å²) in [5.41, 5.74) is 4.00. The van der Waals surface area contributed by atoms with Crippen LogP contribution in [0.4, 0.5) is 5.82 Å². The number of anilines is 1. The van der Waals surface area contributed by atoms with Crippen LogP contribution in [0.25, 0.3) is 21.9 Å². The molecule has 1 heterocycles. The van der Waals surface area contributed by atoms with E-state index in [0.29, 0.717) is 37.1 Å². The van der Waals surface area contributed by atoms with Gasteiger partial charge in [-0.2, -0.15) is 5.10 Å². The average molecular weight is 457 g/mol. The minimum atomic E-state index is -0.209. The smallest absolute Gasteiger partial charge is 0.272 e. The van der Waals surface area contributed by atoms with Crippen molar-refractivity contribution in [1.82, 2.24) is 15.5 Å². The summed E-state index contributed by atoms with van der Waals surface area (Å²) in [4.78, 5) is 24.1. The molecule has 0 saturated carbocycles. The van der Waals surface area contributed by atoms with Gasteiger partial charge in [0.1, 0.15) is 0 Å². The number of hydrogen-bond donors (Lipinski definition) is 4. The van der Waals surface area contributed by atoms with Crippen LogP contribution in [-0.4, -0.2) is 34.3 Å². The Morgan fingerprint density at radius 1 is 0.853 bits per heavy atom. The lowest BCUT2D eigenvalue weighted by atomic mass is 10.0. The number of aliphatic hydroxyl groups excluding tert-OH is 1. The van der Waals surface area contributed by atoms with Crippen LogP contribution in [-0.2, 0) is 17.8 Å². The molecule has 0 aliphatic rings. The van der Waals surface area contributed by atoms with Crippen molar-refractivity contribution in [2.45, 2.75) is 25.9 Å². The zero-order valence-electron chi connectivity index (χ0n) is 18.9. The lowest BCUT2D eigenvalue weighted by Crippen LogP contribution is -2.26. The predicted molar refractivity (Wildman–Crippen MR) is 135 cm³/mol. The highest BCUT2D eigenvalue weighted by Gasteiger charge is 2.06. The quantitative estimate of drug-likeness (QED) is 0.273. The Balaban J connectivity index is 1.18. The van der Waals surface area contributed by atoms with Crippen molar-refractivity contribution in [2.24, 2.45) is 0 Å². The van der Waals surface area contributed by atoms with Gasteiger partial charge in [-0.05, 0) is 41.2 Å². The van der Waals surface area contributed by atoms with Gasteiger partial charge in [0, 0.05) is 24.9 Å². The number of fused-ring (bicyclic) bond motifs is 1. The van der Waals surface area contributed by atoms with Gasteiger partial charge in [0.15, 0.2) is 5.82 Å². The van der Waals surface area contributed by atoms with Crippen molar-refractivity contribution < 1.29 is 9.90 Å². The largest absolute Gasteiger partial charge is 0.392 e. The standard InChI is InChI=1S/C27H28N4O3/c32-18-20-8-13-22(14-9-20)21-11-6-19(7-12-21)10-15-25(33)28-16-3-17-29-26-23-4-1-2-5-24(23)27(34)31-30-26/h1-2,4-9,11-14,32H,3,10,15-18H2,(H,28,33)(H,29,30)(H,31,34). The summed E-state index contributed by atoms with van der Waals surface area (Å²) in [7, 11) is 0. The van der Waals surface area contributed by atoms with Crippen molar-refractivity contribution in [2.75, 3.05) is 18.4 Å². The van der Waals surface area contributed by atoms with Gasteiger partial charge < -0.3 is 15.7 Å². The van der Waals surface area contributed by atoms with E-state index in [1.54, 1.807) is 6.07 Å². The van der Waals surface area contributed by atoms with E-state index < -0.39 is 0 Å². The summed E-state index contributed by atoms with van der Waals surface area (Å²) in [6, 6.07) is 23.4. The molecule has 1 aromatic heterocycles. The number of benzene rings is 3. The van der Waals surface area contributed by atoms with Crippen LogP contribution in [0.5, 0.6) is 0 Å². The van der Waals surface area contributed by atoms with Crippen molar-refractivity contribution in [1.29, 1.82) is 0 Å². The highest BCUT2D eigenvalue weighted by atomic mass is 16.3. The fourth-order valence-electron chi connectivity index (χ4n) is 3.79. The van der Waals surface area contributed by atoms with E-state index in [4.69, 9.17) is 5.11 Å². The second kappa shape index (κ2) is 11.2. The van der Waals surface area contributed by atoms with E-state index in [-0.39, 0.29) is 18.1 Å². The minimum Gasteiger partial charge on any atom is -0.392 e. The van der Waals surface area contributed by atoms with Gasteiger partial charge in [-0.15, -0.1) is 0 Å². The molecule has 4 rings (SSSR count). The lowest BCUT2D eigenvalue weighted by Gasteiger charge is -2.09. The molecular weight excluding hydrogens is 428 g/mol. The number of carbonyl (C=O) groups is 1. The fraction of sp³-hybridized carbons (Fsp3) is 0.222. The summed E-state index contributed by atoms with van der Waals surface area (Å²) in [6.07, 6.45) is 1.86. The molecule has 34 heavy (non-hydrogen) atoms. The Labute approximate surface area is 197 Å². The van der Waals surface area contributed by atoms with Crippen LogP contribution < -0.4 is 16.2 Å². The molecule has 0 unspecified atom stereocenters. The molecule has 7 nitrogen and oxygen atoms in total. The number of aromatic nitrogens is 2. The number of hydrogen-bond acceptors (Lipinski definition) is 5. The Kier molecular flexibility index (Phi) is 7.67. The third-order valence-electron chi connectivity index (χ3n) is 5.73. The average Bonchev–Trinajstić information content (AvgIpc) is 2.89. The first-order chi connectivity index (χ1) is 16.6. The Bertz CT molecular complexity index is 1300. The van der Waals surface area contributed by atoms with Gasteiger partial charge in [0.2, 0.25) is 5.91 Å². The topological polar surface area (TPSA) is 107 Å². The number of nitrogens with one attached hydrogen (secondary N) is 3. The lowest BCUT2D eigenvalue weighted by molar-refractivity contribution is -0.121. The first-order valence-corrected chi connectivity index (χ1v) is 11.4. The van der Waals surface area contributed by atoms with Crippen molar-refractivity contribution in [3.8, 4) is 11.1 Å². The van der Waals surface area contributed by atoms with Crippen LogP contribution in [0.3, 0.4) is 0 Å². The van der Waals surface area contributed by atoms with Crippen LogP contribution in [0.1, 0.15) is 24.0 Å². The molecule has 3 aromatic carbocycles. The highest BCUT2D eigenvalue weighted by Crippen LogP contribution is 2.21. The van der Waals surface area contributed by atoms with E-state index in [9.17, 15) is 9.59 Å². The van der Waals surface area contributed by atoms with Crippen molar-refractivity contribution in [3.05, 3.63) is 94.3 Å². The zero-order valence-corrected chi connectivity index (χ0v) is 18.9. The molecule has 4 aromatic rings. The molecule has 4 N–H and O–H groups in total. The first kappa shape index (κ1) is 23.2. The summed E-state index contributed by atoms with van der Waals surface area (Å²) < 4.78 is 0. The second-order valence-electron chi connectivity index (χ2n) is 8.13. The summed E-state index contributed by atoms with van der Waals surface area (Å²) in [6.45, 7) is 1.24. The number of aryl methyl sites for hydroxylation is 1. The van der Waals surface area contributed by atoms with Crippen molar-refractivity contribution >= 4 is 22.5 Å². The molecular formula is C27H28N4O3. The van der Waals surface area contributed by atoms with Crippen molar-refractivity contribution in [3.63, 3.8) is 0 Å². The molecule has 0 aliphatic carbocycles. The van der Waals surface area contributed by atoms with E-state index >= 15 is 0 Å². The number of carbonyl (C=O) groups excluding carboxylic acids is 1. The normalized spacial score (nSPS) is 10.9. The number of nitrogens with zero attached hydrogens (tertiary/aromatic N) is 1. The number of aromatic amines is 1. The molecule has 0 saturated heterocycles. The van der Waals surface area contributed by atoms with E-state index in [1.165, 1.54) is 0 Å². The minimum absolute atomic E-state index is 0.0243. The van der Waals surface area contributed by atoms with Gasteiger partial charge in [-0.25, -0.2) is 5.10 Å². The molecule has 7 heteroatoms. The van der Waals surface area contributed by atoms with Gasteiger partial charge in [-0.1, -0.05) is 66.7 Å². The van der Waals surface area contributed by atoms with Crippen LogP contribution in [0, 0.1) is 0 Å². The number of H-pyrrole nitrogens is 1.